The lowest BCUT2D eigenvalue weighted by molar-refractivity contribution is -0.113. The highest BCUT2D eigenvalue weighted by Gasteiger charge is 2.19. The number of hydrogen-bond donors (Lipinski definition) is 1. The second-order valence-electron chi connectivity index (χ2n) is 5.90. The maximum absolute atomic E-state index is 12.4. The van der Waals surface area contributed by atoms with Crippen molar-refractivity contribution in [2.24, 2.45) is 0 Å². The first-order valence-electron chi connectivity index (χ1n) is 9.04. The number of nitrogens with zero attached hydrogens (tertiary/aromatic N) is 5. The molecule has 0 unspecified atom stereocenters. The molecule has 31 heavy (non-hydrogen) atoms. The number of thiazole rings is 1. The highest BCUT2D eigenvalue weighted by atomic mass is 32.2. The molecule has 1 N–H and O–H groups in total. The summed E-state index contributed by atoms with van der Waals surface area (Å²) in [7, 11) is 3.09. The van der Waals surface area contributed by atoms with Crippen molar-refractivity contribution in [2.75, 3.05) is 31.9 Å². The average Bonchev–Trinajstić information content (AvgIpc) is 3.38. The van der Waals surface area contributed by atoms with Crippen LogP contribution in [-0.2, 0) is 9.53 Å². The second-order valence-corrected chi connectivity index (χ2v) is 7.84. The monoisotopic (exact) mass is 464 g/mol. The Hall–Kier alpha value is -3.19. The van der Waals surface area contributed by atoms with Crippen LogP contribution in [0.2, 0.25) is 0 Å². The van der Waals surface area contributed by atoms with Crippen molar-refractivity contribution in [1.82, 2.24) is 25.2 Å². The number of tetrazole rings is 1. The highest BCUT2D eigenvalue weighted by molar-refractivity contribution is 7.99. The van der Waals surface area contributed by atoms with Crippen molar-refractivity contribution in [3.63, 3.8) is 0 Å². The topological polar surface area (TPSA) is 130 Å². The molecule has 0 atom stereocenters. The van der Waals surface area contributed by atoms with Gasteiger partial charge < -0.3 is 19.5 Å². The van der Waals surface area contributed by atoms with Gasteiger partial charge in [0.15, 0.2) is 5.13 Å². The third kappa shape index (κ3) is 5.30. The molecule has 0 aliphatic carbocycles. The molecule has 1 aromatic carbocycles. The molecule has 164 valence electrons. The maximum Gasteiger partial charge on any atom is 0.350 e. The van der Waals surface area contributed by atoms with E-state index in [9.17, 15) is 9.59 Å². The molecule has 2 heterocycles. The lowest BCUT2D eigenvalue weighted by Gasteiger charge is -2.11. The minimum absolute atomic E-state index is 0.0278. The van der Waals surface area contributed by atoms with E-state index in [0.717, 1.165) is 23.1 Å². The number of hydrogen-bond acceptors (Lipinski definition) is 11. The van der Waals surface area contributed by atoms with Gasteiger partial charge in [-0.25, -0.2) is 9.78 Å². The molecule has 13 heteroatoms. The number of aryl methyl sites for hydroxylation is 1. The first kappa shape index (κ1) is 22.5. The highest BCUT2D eigenvalue weighted by Crippen LogP contribution is 2.30. The third-order valence-electron chi connectivity index (χ3n) is 3.89. The van der Waals surface area contributed by atoms with Crippen LogP contribution in [0.3, 0.4) is 0 Å². The molecule has 3 rings (SSSR count). The fourth-order valence-electron chi connectivity index (χ4n) is 2.50. The van der Waals surface area contributed by atoms with E-state index in [-0.39, 0.29) is 18.3 Å². The number of benzene rings is 1. The van der Waals surface area contributed by atoms with E-state index in [1.54, 1.807) is 39.2 Å². The summed E-state index contributed by atoms with van der Waals surface area (Å²) in [5.41, 5.74) is 1.07. The second kappa shape index (κ2) is 10.2. The van der Waals surface area contributed by atoms with Crippen molar-refractivity contribution in [3.8, 4) is 17.2 Å². The number of carbonyl (C=O) groups is 2. The Labute approximate surface area is 186 Å². The summed E-state index contributed by atoms with van der Waals surface area (Å²) in [6.45, 7) is 3.67. The molecule has 0 saturated carbocycles. The van der Waals surface area contributed by atoms with E-state index < -0.39 is 5.97 Å². The number of carbonyl (C=O) groups excluding carboxylic acids is 2. The van der Waals surface area contributed by atoms with Crippen LogP contribution in [0.5, 0.6) is 11.5 Å². The molecule has 11 nitrogen and oxygen atoms in total. The molecule has 0 radical (unpaired) electrons. The molecule has 2 aromatic heterocycles. The van der Waals surface area contributed by atoms with Crippen molar-refractivity contribution in [2.45, 2.75) is 19.0 Å². The number of amides is 1. The number of ether oxygens (including phenoxy) is 3. The molecule has 3 aromatic rings. The summed E-state index contributed by atoms with van der Waals surface area (Å²) in [6, 6.07) is 5.23. The van der Waals surface area contributed by atoms with Crippen molar-refractivity contribution in [1.29, 1.82) is 0 Å². The molecular weight excluding hydrogens is 444 g/mol. The molecule has 1 amide bonds. The Kier molecular flexibility index (Phi) is 7.41. The zero-order valence-corrected chi connectivity index (χ0v) is 18.9. The van der Waals surface area contributed by atoms with Gasteiger partial charge in [-0.15, -0.1) is 5.10 Å². The van der Waals surface area contributed by atoms with Gasteiger partial charge in [-0.05, 0) is 36.4 Å². The standard InChI is InChI=1S/C18H20N6O5S2/c1-5-29-16(26)15-10(2)19-17(31-15)20-14(25)9-30-18-21-22-23-24(18)12-8-11(27-3)6-7-13(12)28-4/h6-8H,5,9H2,1-4H3,(H,19,20,25). The van der Waals surface area contributed by atoms with E-state index >= 15 is 0 Å². The summed E-state index contributed by atoms with van der Waals surface area (Å²) < 4.78 is 17.1. The van der Waals surface area contributed by atoms with Crippen molar-refractivity contribution >= 4 is 40.1 Å². The van der Waals surface area contributed by atoms with E-state index in [0.29, 0.717) is 38.0 Å². The lowest BCUT2D eigenvalue weighted by atomic mass is 10.3. The van der Waals surface area contributed by atoms with Crippen LogP contribution in [0, 0.1) is 6.92 Å². The van der Waals surface area contributed by atoms with Gasteiger partial charge in [0.05, 0.1) is 32.3 Å². The Morgan fingerprint density at radius 2 is 2.06 bits per heavy atom. The van der Waals surface area contributed by atoms with E-state index in [1.165, 1.54) is 11.8 Å². The third-order valence-corrected chi connectivity index (χ3v) is 5.86. The smallest absolute Gasteiger partial charge is 0.350 e. The zero-order valence-electron chi connectivity index (χ0n) is 17.2. The van der Waals surface area contributed by atoms with Gasteiger partial charge in [-0.3, -0.25) is 4.79 Å². The van der Waals surface area contributed by atoms with Crippen molar-refractivity contribution in [3.05, 3.63) is 28.8 Å². The minimum atomic E-state index is -0.459. The summed E-state index contributed by atoms with van der Waals surface area (Å²) in [5, 5.41) is 15.1. The molecule has 0 bridgehead atoms. The zero-order chi connectivity index (χ0) is 22.4. The summed E-state index contributed by atoms with van der Waals surface area (Å²) in [6.07, 6.45) is 0. The van der Waals surface area contributed by atoms with Crippen LogP contribution in [0.4, 0.5) is 5.13 Å². The van der Waals surface area contributed by atoms with E-state index in [4.69, 9.17) is 14.2 Å². The summed E-state index contributed by atoms with van der Waals surface area (Å²) in [4.78, 5) is 28.9. The minimum Gasteiger partial charge on any atom is -0.497 e. The van der Waals surface area contributed by atoms with Gasteiger partial charge in [0.2, 0.25) is 11.1 Å². The van der Waals surface area contributed by atoms with Gasteiger partial charge in [-0.1, -0.05) is 23.1 Å². The Bertz CT molecular complexity index is 1080. The summed E-state index contributed by atoms with van der Waals surface area (Å²) in [5.74, 6) is 0.404. The quantitative estimate of drug-likeness (QED) is 0.372. The van der Waals surface area contributed by atoms with Crippen LogP contribution in [0.1, 0.15) is 22.3 Å². The normalized spacial score (nSPS) is 10.6. The van der Waals surface area contributed by atoms with Crippen LogP contribution in [0.25, 0.3) is 5.69 Å². The molecule has 0 spiro atoms. The number of nitrogens with one attached hydrogen (secondary N) is 1. The molecule has 0 fully saturated rings. The lowest BCUT2D eigenvalue weighted by Crippen LogP contribution is -2.14. The Morgan fingerprint density at radius 3 is 2.77 bits per heavy atom. The van der Waals surface area contributed by atoms with Gasteiger partial charge in [0, 0.05) is 6.07 Å². The predicted octanol–water partition coefficient (Wildman–Crippen LogP) is 2.35. The Morgan fingerprint density at radius 1 is 1.26 bits per heavy atom. The predicted molar refractivity (Wildman–Crippen MR) is 114 cm³/mol. The Balaban J connectivity index is 1.69. The van der Waals surface area contributed by atoms with Gasteiger partial charge in [-0.2, -0.15) is 4.68 Å². The number of methoxy groups -OCH3 is 2. The number of rotatable bonds is 9. The molecule has 0 aliphatic heterocycles. The first-order valence-corrected chi connectivity index (χ1v) is 10.8. The van der Waals surface area contributed by atoms with E-state index in [1.807, 2.05) is 0 Å². The van der Waals surface area contributed by atoms with Crippen molar-refractivity contribution < 1.29 is 23.8 Å². The fraction of sp³-hybridized carbons (Fsp3) is 0.333. The van der Waals surface area contributed by atoms with Crippen LogP contribution in [0.15, 0.2) is 23.4 Å². The fourth-order valence-corrected chi connectivity index (χ4v) is 4.06. The van der Waals surface area contributed by atoms with Gasteiger partial charge in [0.25, 0.3) is 0 Å². The number of thioether (sulfide) groups is 1. The summed E-state index contributed by atoms with van der Waals surface area (Å²) >= 11 is 2.20. The van der Waals surface area contributed by atoms with E-state index in [2.05, 4.69) is 25.8 Å². The molecule has 0 aliphatic rings. The van der Waals surface area contributed by atoms with Gasteiger partial charge in [0.1, 0.15) is 22.1 Å². The van der Waals surface area contributed by atoms with Gasteiger partial charge >= 0.3 is 5.97 Å². The average molecular weight is 465 g/mol. The first-order chi connectivity index (χ1) is 15.0. The SMILES string of the molecule is CCOC(=O)c1sc(NC(=O)CSc2nnnn2-c2cc(OC)ccc2OC)nc1C. The number of anilines is 1. The number of aromatic nitrogens is 5. The molecule has 0 saturated heterocycles. The van der Waals surface area contributed by atoms with Crippen LogP contribution in [-0.4, -0.2) is 63.6 Å². The largest absolute Gasteiger partial charge is 0.497 e. The van der Waals surface area contributed by atoms with Crippen LogP contribution < -0.4 is 14.8 Å². The molecular formula is C18H20N6O5S2. The maximum atomic E-state index is 12.4. The van der Waals surface area contributed by atoms with Crippen LogP contribution >= 0.6 is 23.1 Å². The number of esters is 1.